The van der Waals surface area contributed by atoms with Crippen LogP contribution in [-0.2, 0) is 11.2 Å². The van der Waals surface area contributed by atoms with Gasteiger partial charge in [0.25, 0.3) is 0 Å². The van der Waals surface area contributed by atoms with Gasteiger partial charge in [0.2, 0.25) is 5.91 Å². The zero-order valence-electron chi connectivity index (χ0n) is 9.57. The van der Waals surface area contributed by atoms with E-state index >= 15 is 0 Å². The van der Waals surface area contributed by atoms with Gasteiger partial charge in [0, 0.05) is 13.1 Å². The lowest BCUT2D eigenvalue weighted by atomic mass is 10.1. The summed E-state index contributed by atoms with van der Waals surface area (Å²) < 4.78 is 0. The van der Waals surface area contributed by atoms with Crippen LogP contribution in [0.4, 0.5) is 0 Å². The van der Waals surface area contributed by atoms with Crippen molar-refractivity contribution in [2.24, 2.45) is 0 Å². The van der Waals surface area contributed by atoms with Gasteiger partial charge in [-0.25, -0.2) is 0 Å². The second-order valence-electron chi connectivity index (χ2n) is 3.64. The van der Waals surface area contributed by atoms with Gasteiger partial charge in [-0.3, -0.25) is 4.79 Å². The van der Waals surface area contributed by atoms with Crippen LogP contribution >= 0.6 is 0 Å². The van der Waals surface area contributed by atoms with Gasteiger partial charge >= 0.3 is 0 Å². The van der Waals surface area contributed by atoms with Crippen LogP contribution in [-0.4, -0.2) is 23.9 Å². The quantitative estimate of drug-likeness (QED) is 0.723. The Morgan fingerprint density at radius 1 is 1.20 bits per heavy atom. The predicted molar refractivity (Wildman–Crippen MR) is 62.7 cm³/mol. The first kappa shape index (κ1) is 11.8. The molecule has 0 radical (unpaired) electrons. The van der Waals surface area contributed by atoms with Crippen molar-refractivity contribution in [1.82, 2.24) is 4.90 Å². The van der Waals surface area contributed by atoms with E-state index in [1.54, 1.807) is 0 Å². The van der Waals surface area contributed by atoms with Gasteiger partial charge in [-0.05, 0) is 18.9 Å². The fourth-order valence-electron chi connectivity index (χ4n) is 1.61. The third-order valence-electron chi connectivity index (χ3n) is 2.43. The molecule has 0 aliphatic rings. The molecular formula is C13H19NO. The number of carbonyl (C=O) groups excluding carboxylic acids is 1. The molecule has 0 aliphatic carbocycles. The maximum atomic E-state index is 11.9. The van der Waals surface area contributed by atoms with E-state index in [9.17, 15) is 4.79 Å². The van der Waals surface area contributed by atoms with Crippen molar-refractivity contribution in [1.29, 1.82) is 0 Å². The van der Waals surface area contributed by atoms with Gasteiger partial charge in [0.05, 0.1) is 6.42 Å². The molecule has 0 spiro atoms. The number of hydrogen-bond donors (Lipinski definition) is 0. The Morgan fingerprint density at radius 2 is 1.87 bits per heavy atom. The smallest absolute Gasteiger partial charge is 0.226 e. The Balaban J connectivity index is 2.54. The summed E-state index contributed by atoms with van der Waals surface area (Å²) in [5, 5.41) is 0. The number of rotatable bonds is 5. The van der Waals surface area contributed by atoms with Gasteiger partial charge < -0.3 is 4.90 Å². The van der Waals surface area contributed by atoms with E-state index in [0.717, 1.165) is 25.1 Å². The van der Waals surface area contributed by atoms with Crippen molar-refractivity contribution in [3.63, 3.8) is 0 Å². The van der Waals surface area contributed by atoms with E-state index in [-0.39, 0.29) is 5.91 Å². The first-order valence-corrected chi connectivity index (χ1v) is 5.59. The third-order valence-corrected chi connectivity index (χ3v) is 2.43. The monoisotopic (exact) mass is 205 g/mol. The molecule has 0 heterocycles. The summed E-state index contributed by atoms with van der Waals surface area (Å²) >= 11 is 0. The molecule has 0 saturated carbocycles. The van der Waals surface area contributed by atoms with E-state index in [2.05, 4.69) is 6.92 Å². The van der Waals surface area contributed by atoms with Crippen molar-refractivity contribution >= 4 is 5.91 Å². The molecule has 0 aliphatic heterocycles. The maximum Gasteiger partial charge on any atom is 0.226 e. The summed E-state index contributed by atoms with van der Waals surface area (Å²) in [6, 6.07) is 9.91. The third kappa shape index (κ3) is 3.74. The Hall–Kier alpha value is -1.31. The molecular weight excluding hydrogens is 186 g/mol. The van der Waals surface area contributed by atoms with Gasteiger partial charge in [-0.15, -0.1) is 0 Å². The molecule has 0 N–H and O–H groups in total. The van der Waals surface area contributed by atoms with Crippen LogP contribution in [0, 0.1) is 0 Å². The Morgan fingerprint density at radius 3 is 2.40 bits per heavy atom. The molecule has 0 unspecified atom stereocenters. The van der Waals surface area contributed by atoms with Gasteiger partial charge in [0.15, 0.2) is 0 Å². The topological polar surface area (TPSA) is 20.3 Å². The Kier molecular flexibility index (Phi) is 4.88. The lowest BCUT2D eigenvalue weighted by molar-refractivity contribution is -0.130. The average molecular weight is 205 g/mol. The average Bonchev–Trinajstić information content (AvgIpc) is 2.27. The fourth-order valence-corrected chi connectivity index (χ4v) is 1.61. The van der Waals surface area contributed by atoms with Crippen LogP contribution in [0.2, 0.25) is 0 Å². The number of carbonyl (C=O) groups is 1. The van der Waals surface area contributed by atoms with Gasteiger partial charge in [-0.1, -0.05) is 37.3 Å². The Labute approximate surface area is 91.9 Å². The first-order chi connectivity index (χ1) is 7.27. The summed E-state index contributed by atoms with van der Waals surface area (Å²) in [6.07, 6.45) is 1.54. The summed E-state index contributed by atoms with van der Waals surface area (Å²) in [6.45, 7) is 5.79. The van der Waals surface area contributed by atoms with Crippen molar-refractivity contribution in [2.45, 2.75) is 26.7 Å². The van der Waals surface area contributed by atoms with Gasteiger partial charge in [-0.2, -0.15) is 0 Å². The highest BCUT2D eigenvalue weighted by Gasteiger charge is 2.10. The van der Waals surface area contributed by atoms with Crippen LogP contribution in [0.25, 0.3) is 0 Å². The normalized spacial score (nSPS) is 10.0. The molecule has 0 saturated heterocycles. The molecule has 0 bridgehead atoms. The molecule has 2 nitrogen and oxygen atoms in total. The molecule has 0 fully saturated rings. The van der Waals surface area contributed by atoms with E-state index < -0.39 is 0 Å². The van der Waals surface area contributed by atoms with E-state index in [4.69, 9.17) is 0 Å². The van der Waals surface area contributed by atoms with Gasteiger partial charge in [0.1, 0.15) is 0 Å². The van der Waals surface area contributed by atoms with Crippen molar-refractivity contribution in [2.75, 3.05) is 13.1 Å². The first-order valence-electron chi connectivity index (χ1n) is 5.59. The van der Waals surface area contributed by atoms with Crippen LogP contribution in [0.15, 0.2) is 30.3 Å². The van der Waals surface area contributed by atoms with E-state index in [1.165, 1.54) is 0 Å². The number of amides is 1. The van der Waals surface area contributed by atoms with Crippen molar-refractivity contribution in [3.8, 4) is 0 Å². The molecule has 82 valence electrons. The highest BCUT2D eigenvalue weighted by molar-refractivity contribution is 5.78. The zero-order valence-corrected chi connectivity index (χ0v) is 9.57. The minimum atomic E-state index is 0.227. The lowest BCUT2D eigenvalue weighted by Crippen LogP contribution is -2.32. The molecule has 15 heavy (non-hydrogen) atoms. The van der Waals surface area contributed by atoms with Crippen LogP contribution in [0.3, 0.4) is 0 Å². The fraction of sp³-hybridized carbons (Fsp3) is 0.462. The zero-order chi connectivity index (χ0) is 11.1. The highest BCUT2D eigenvalue weighted by Crippen LogP contribution is 2.03. The number of hydrogen-bond acceptors (Lipinski definition) is 1. The summed E-state index contributed by atoms with van der Waals surface area (Å²) in [5.41, 5.74) is 1.09. The maximum absolute atomic E-state index is 11.9. The van der Waals surface area contributed by atoms with Crippen molar-refractivity contribution < 1.29 is 4.79 Å². The summed E-state index contributed by atoms with van der Waals surface area (Å²) in [5.74, 6) is 0.227. The van der Waals surface area contributed by atoms with E-state index in [1.807, 2.05) is 42.2 Å². The predicted octanol–water partition coefficient (Wildman–Crippen LogP) is 2.49. The molecule has 1 rings (SSSR count). The second-order valence-corrected chi connectivity index (χ2v) is 3.64. The lowest BCUT2D eigenvalue weighted by Gasteiger charge is -2.19. The number of likely N-dealkylation sites (N-methyl/N-ethyl adjacent to an activating group) is 1. The van der Waals surface area contributed by atoms with E-state index in [0.29, 0.717) is 6.42 Å². The van der Waals surface area contributed by atoms with Crippen LogP contribution < -0.4 is 0 Å². The minimum absolute atomic E-state index is 0.227. The number of nitrogens with zero attached hydrogens (tertiary/aromatic N) is 1. The molecule has 1 aromatic carbocycles. The number of benzene rings is 1. The SMILES string of the molecule is CCCN(CC)C(=O)Cc1ccccc1. The molecule has 0 atom stereocenters. The van der Waals surface area contributed by atoms with Crippen LogP contribution in [0.5, 0.6) is 0 Å². The largest absolute Gasteiger partial charge is 0.343 e. The minimum Gasteiger partial charge on any atom is -0.343 e. The molecule has 1 amide bonds. The Bertz CT molecular complexity index is 295. The molecule has 1 aromatic rings. The molecule has 0 aromatic heterocycles. The standard InChI is InChI=1S/C13H19NO/c1-3-10-14(4-2)13(15)11-12-8-6-5-7-9-12/h5-9H,3-4,10-11H2,1-2H3. The summed E-state index contributed by atoms with van der Waals surface area (Å²) in [7, 11) is 0. The van der Waals surface area contributed by atoms with Crippen molar-refractivity contribution in [3.05, 3.63) is 35.9 Å². The van der Waals surface area contributed by atoms with Crippen LogP contribution in [0.1, 0.15) is 25.8 Å². The highest BCUT2D eigenvalue weighted by atomic mass is 16.2. The second kappa shape index (κ2) is 6.23. The summed E-state index contributed by atoms with van der Waals surface area (Å²) in [4.78, 5) is 13.8. The molecule has 2 heteroatoms.